The Morgan fingerprint density at radius 2 is 1.79 bits per heavy atom. The van der Waals surface area contributed by atoms with E-state index in [4.69, 9.17) is 0 Å². The number of phenolic OH excluding ortho intramolecular Hbond substituents is 1. The van der Waals surface area contributed by atoms with Gasteiger partial charge in [0.2, 0.25) is 10.0 Å². The summed E-state index contributed by atoms with van der Waals surface area (Å²) in [6.07, 6.45) is 0.639. The number of aromatic hydroxyl groups is 1. The average molecular weight is 285 g/mol. The summed E-state index contributed by atoms with van der Waals surface area (Å²) >= 11 is 0. The molecule has 1 unspecified atom stereocenters. The van der Waals surface area contributed by atoms with Gasteiger partial charge < -0.3 is 5.11 Å². The lowest BCUT2D eigenvalue weighted by Gasteiger charge is -2.25. The minimum atomic E-state index is -3.30. The highest BCUT2D eigenvalue weighted by Crippen LogP contribution is 2.29. The van der Waals surface area contributed by atoms with Crippen molar-refractivity contribution in [2.75, 3.05) is 12.8 Å². The van der Waals surface area contributed by atoms with Crippen molar-refractivity contribution in [2.24, 2.45) is 5.92 Å². The van der Waals surface area contributed by atoms with Crippen molar-refractivity contribution in [1.29, 1.82) is 0 Å². The van der Waals surface area contributed by atoms with Crippen molar-refractivity contribution in [1.82, 2.24) is 4.31 Å². The van der Waals surface area contributed by atoms with Crippen LogP contribution < -0.4 is 0 Å². The van der Waals surface area contributed by atoms with Crippen LogP contribution in [0.2, 0.25) is 0 Å². The van der Waals surface area contributed by atoms with Crippen molar-refractivity contribution in [3.05, 3.63) is 29.8 Å². The molecule has 19 heavy (non-hydrogen) atoms. The van der Waals surface area contributed by atoms with Crippen molar-refractivity contribution in [3.63, 3.8) is 0 Å². The summed E-state index contributed by atoms with van der Waals surface area (Å²) in [5.41, 5.74) is 0.623. The molecule has 0 fully saturated rings. The Labute approximate surface area is 116 Å². The van der Waals surface area contributed by atoms with Crippen LogP contribution in [0.15, 0.2) is 24.3 Å². The first kappa shape index (κ1) is 16.0. The van der Waals surface area contributed by atoms with E-state index >= 15 is 0 Å². The SMILES string of the molecule is CC(C)CCS(=O)(=O)N(C)C(C)c1ccccc1O. The van der Waals surface area contributed by atoms with E-state index in [1.54, 1.807) is 38.2 Å². The third kappa shape index (κ3) is 4.21. The van der Waals surface area contributed by atoms with Gasteiger partial charge >= 0.3 is 0 Å². The van der Waals surface area contributed by atoms with Gasteiger partial charge in [0, 0.05) is 12.6 Å². The van der Waals surface area contributed by atoms with E-state index in [-0.39, 0.29) is 17.5 Å². The van der Waals surface area contributed by atoms with E-state index in [0.717, 1.165) is 0 Å². The number of hydrogen-bond acceptors (Lipinski definition) is 3. The molecule has 1 aromatic carbocycles. The summed E-state index contributed by atoms with van der Waals surface area (Å²) in [6.45, 7) is 5.78. The van der Waals surface area contributed by atoms with Gasteiger partial charge in [-0.25, -0.2) is 8.42 Å². The second-order valence-electron chi connectivity index (χ2n) is 5.25. The maximum atomic E-state index is 12.2. The van der Waals surface area contributed by atoms with Crippen molar-refractivity contribution < 1.29 is 13.5 Å². The molecular weight excluding hydrogens is 262 g/mol. The van der Waals surface area contributed by atoms with E-state index in [2.05, 4.69) is 0 Å². The molecule has 4 nitrogen and oxygen atoms in total. The lowest BCUT2D eigenvalue weighted by molar-refractivity contribution is 0.379. The smallest absolute Gasteiger partial charge is 0.214 e. The maximum Gasteiger partial charge on any atom is 0.214 e. The standard InChI is InChI=1S/C14H23NO3S/c1-11(2)9-10-19(17,18)15(4)12(3)13-7-5-6-8-14(13)16/h5-8,11-12,16H,9-10H2,1-4H3. The zero-order chi connectivity index (χ0) is 14.6. The Bertz CT molecular complexity index is 511. The normalized spacial score (nSPS) is 14.0. The summed E-state index contributed by atoms with van der Waals surface area (Å²) in [5.74, 6) is 0.614. The Morgan fingerprint density at radius 1 is 1.21 bits per heavy atom. The fourth-order valence-electron chi connectivity index (χ4n) is 1.81. The van der Waals surface area contributed by atoms with Crippen LogP contribution in [0.1, 0.15) is 38.8 Å². The number of nitrogens with zero attached hydrogens (tertiary/aromatic N) is 1. The van der Waals surface area contributed by atoms with E-state index in [1.165, 1.54) is 4.31 Å². The molecule has 0 heterocycles. The predicted octanol–water partition coefficient (Wildman–Crippen LogP) is 2.76. The Balaban J connectivity index is 2.88. The van der Waals surface area contributed by atoms with E-state index in [0.29, 0.717) is 17.9 Å². The first-order valence-corrected chi connectivity index (χ1v) is 8.10. The molecule has 0 saturated carbocycles. The number of para-hydroxylation sites is 1. The third-order valence-corrected chi connectivity index (χ3v) is 5.27. The van der Waals surface area contributed by atoms with Gasteiger partial charge in [-0.3, -0.25) is 0 Å². The fourth-order valence-corrected chi connectivity index (χ4v) is 3.46. The minimum absolute atomic E-state index is 0.126. The van der Waals surface area contributed by atoms with Gasteiger partial charge in [0.25, 0.3) is 0 Å². The van der Waals surface area contributed by atoms with Crippen LogP contribution in [0.5, 0.6) is 5.75 Å². The number of benzene rings is 1. The second kappa shape index (κ2) is 6.39. The molecule has 0 amide bonds. The van der Waals surface area contributed by atoms with Crippen LogP contribution in [-0.4, -0.2) is 30.6 Å². The van der Waals surface area contributed by atoms with Gasteiger partial charge in [-0.05, 0) is 25.3 Å². The van der Waals surface area contributed by atoms with Crippen molar-refractivity contribution in [2.45, 2.75) is 33.2 Å². The van der Waals surface area contributed by atoms with Crippen molar-refractivity contribution in [3.8, 4) is 5.75 Å². The monoisotopic (exact) mass is 285 g/mol. The number of phenols is 1. The second-order valence-corrected chi connectivity index (χ2v) is 7.40. The highest BCUT2D eigenvalue weighted by atomic mass is 32.2. The number of sulfonamides is 1. The first-order chi connectivity index (χ1) is 8.75. The van der Waals surface area contributed by atoms with Crippen LogP contribution in [0, 0.1) is 5.92 Å². The molecule has 1 aromatic rings. The molecule has 0 aromatic heterocycles. The third-order valence-electron chi connectivity index (χ3n) is 3.32. The topological polar surface area (TPSA) is 57.6 Å². The fraction of sp³-hybridized carbons (Fsp3) is 0.571. The molecule has 0 spiro atoms. The van der Waals surface area contributed by atoms with Gasteiger partial charge in [0.05, 0.1) is 11.8 Å². The molecule has 5 heteroatoms. The molecule has 1 N–H and O–H groups in total. The summed E-state index contributed by atoms with van der Waals surface area (Å²) in [7, 11) is -1.74. The molecular formula is C14H23NO3S. The van der Waals surface area contributed by atoms with E-state index < -0.39 is 10.0 Å². The van der Waals surface area contributed by atoms with Gasteiger partial charge in [-0.15, -0.1) is 0 Å². The summed E-state index contributed by atoms with van der Waals surface area (Å²) in [5, 5.41) is 9.79. The van der Waals surface area contributed by atoms with Crippen LogP contribution in [-0.2, 0) is 10.0 Å². The lowest BCUT2D eigenvalue weighted by atomic mass is 10.1. The number of hydrogen-bond donors (Lipinski definition) is 1. The zero-order valence-electron chi connectivity index (χ0n) is 12.0. The van der Waals surface area contributed by atoms with E-state index in [1.807, 2.05) is 13.8 Å². The van der Waals surface area contributed by atoms with Crippen LogP contribution in [0.25, 0.3) is 0 Å². The van der Waals surface area contributed by atoms with Gasteiger partial charge in [-0.2, -0.15) is 4.31 Å². The molecule has 0 aliphatic carbocycles. The Morgan fingerprint density at radius 3 is 2.32 bits per heavy atom. The molecule has 0 radical (unpaired) electrons. The molecule has 0 aliphatic rings. The summed E-state index contributed by atoms with van der Waals surface area (Å²) in [4.78, 5) is 0. The van der Waals surface area contributed by atoms with Crippen LogP contribution >= 0.6 is 0 Å². The Kier molecular flexibility index (Phi) is 5.38. The molecule has 108 valence electrons. The molecule has 0 bridgehead atoms. The minimum Gasteiger partial charge on any atom is -0.508 e. The van der Waals surface area contributed by atoms with Crippen molar-refractivity contribution >= 4 is 10.0 Å². The largest absolute Gasteiger partial charge is 0.508 e. The summed E-state index contributed by atoms with van der Waals surface area (Å²) in [6, 6.07) is 6.45. The molecule has 0 aliphatic heterocycles. The predicted molar refractivity (Wildman–Crippen MR) is 77.5 cm³/mol. The first-order valence-electron chi connectivity index (χ1n) is 6.49. The molecule has 0 saturated heterocycles. The highest BCUT2D eigenvalue weighted by molar-refractivity contribution is 7.89. The van der Waals surface area contributed by atoms with Gasteiger partial charge in [0.15, 0.2) is 0 Å². The quantitative estimate of drug-likeness (QED) is 0.874. The zero-order valence-corrected chi connectivity index (χ0v) is 12.8. The summed E-state index contributed by atoms with van der Waals surface area (Å²) < 4.78 is 25.7. The number of rotatable bonds is 6. The average Bonchev–Trinajstić information content (AvgIpc) is 2.35. The highest BCUT2D eigenvalue weighted by Gasteiger charge is 2.25. The van der Waals surface area contributed by atoms with E-state index in [9.17, 15) is 13.5 Å². The maximum absolute atomic E-state index is 12.2. The lowest BCUT2D eigenvalue weighted by Crippen LogP contribution is -2.32. The van der Waals surface area contributed by atoms with Crippen LogP contribution in [0.4, 0.5) is 0 Å². The van der Waals surface area contributed by atoms with Gasteiger partial charge in [0.1, 0.15) is 5.75 Å². The van der Waals surface area contributed by atoms with Gasteiger partial charge in [-0.1, -0.05) is 32.0 Å². The molecule has 1 atom stereocenters. The molecule has 1 rings (SSSR count). The van der Waals surface area contributed by atoms with Crippen LogP contribution in [0.3, 0.4) is 0 Å². The Hall–Kier alpha value is -1.07.